The van der Waals surface area contributed by atoms with Crippen molar-refractivity contribution in [2.24, 2.45) is 0 Å². The van der Waals surface area contributed by atoms with E-state index in [0.29, 0.717) is 12.4 Å². The van der Waals surface area contributed by atoms with Gasteiger partial charge in [0.2, 0.25) is 0 Å². The first kappa shape index (κ1) is 23.6. The van der Waals surface area contributed by atoms with Crippen molar-refractivity contribution >= 4 is 12.0 Å². The van der Waals surface area contributed by atoms with Gasteiger partial charge in [-0.15, -0.1) is 0 Å². The Balaban J connectivity index is 2.71. The maximum atomic E-state index is 5.44. The zero-order valence-corrected chi connectivity index (χ0v) is 18.9. The predicted octanol–water partition coefficient (Wildman–Crippen LogP) is 6.42. The molecule has 1 aliphatic carbocycles. The Bertz CT molecular complexity index is 899. The van der Waals surface area contributed by atoms with E-state index in [1.165, 1.54) is 17.6 Å². The molecule has 1 unspecified atom stereocenters. The summed E-state index contributed by atoms with van der Waals surface area (Å²) in [5.74, 6) is 0.650. The summed E-state index contributed by atoms with van der Waals surface area (Å²) >= 11 is 1.31. The smallest absolute Gasteiger partial charge is 0.177 e. The highest BCUT2D eigenvalue weighted by atomic mass is 32.2. The van der Waals surface area contributed by atoms with E-state index in [-0.39, 0.29) is 0 Å². The summed E-state index contributed by atoms with van der Waals surface area (Å²) in [5.41, 5.74) is 1.70. The van der Waals surface area contributed by atoms with Crippen LogP contribution in [0.3, 0.4) is 0 Å². The van der Waals surface area contributed by atoms with Gasteiger partial charge in [0, 0.05) is 6.26 Å². The molecule has 0 amide bonds. The number of rotatable bonds is 11. The number of nitrogens with zero attached hydrogens (tertiary/aromatic N) is 3. The van der Waals surface area contributed by atoms with Gasteiger partial charge in [-0.1, -0.05) is 79.5 Å². The summed E-state index contributed by atoms with van der Waals surface area (Å²) < 4.78 is 7.38. The van der Waals surface area contributed by atoms with Crippen molar-refractivity contribution in [3.8, 4) is 0 Å². The molecule has 0 aliphatic heterocycles. The van der Waals surface area contributed by atoms with Crippen molar-refractivity contribution in [3.63, 3.8) is 0 Å². The number of aromatic nitrogens is 3. The van der Waals surface area contributed by atoms with Crippen LogP contribution < -0.4 is 0 Å². The number of hydrogen-bond donors (Lipinski definition) is 0. The third kappa shape index (κ3) is 5.94. The fourth-order valence-corrected chi connectivity index (χ4v) is 3.58. The monoisotopic (exact) mass is 421 g/mol. The lowest BCUT2D eigenvalue weighted by Gasteiger charge is -2.36. The Labute approximate surface area is 185 Å². The van der Waals surface area contributed by atoms with E-state index in [9.17, 15) is 0 Å². The molecule has 1 aromatic heterocycles. The summed E-state index contributed by atoms with van der Waals surface area (Å²) in [6.07, 6.45) is 32.4. The quantitative estimate of drug-likeness (QED) is 0.305. The van der Waals surface area contributed by atoms with E-state index in [4.69, 9.17) is 9.28 Å². The lowest BCUT2D eigenvalue weighted by Crippen LogP contribution is -2.37. The van der Waals surface area contributed by atoms with E-state index < -0.39 is 5.54 Å². The van der Waals surface area contributed by atoms with Crippen molar-refractivity contribution in [2.75, 3.05) is 6.26 Å². The van der Waals surface area contributed by atoms with Crippen molar-refractivity contribution in [1.82, 2.24) is 14.8 Å². The van der Waals surface area contributed by atoms with Gasteiger partial charge in [-0.2, -0.15) is 5.10 Å². The topological polar surface area (TPSA) is 39.9 Å². The Morgan fingerprint density at radius 1 is 1.27 bits per heavy atom. The molecule has 1 aliphatic rings. The molecule has 0 fully saturated rings. The van der Waals surface area contributed by atoms with Gasteiger partial charge in [-0.3, -0.25) is 0 Å². The normalized spacial score (nSPS) is 17.4. The summed E-state index contributed by atoms with van der Waals surface area (Å²) in [6, 6.07) is 0. The summed E-state index contributed by atoms with van der Waals surface area (Å²) in [7, 11) is 0. The van der Waals surface area contributed by atoms with Crippen LogP contribution in [0.15, 0.2) is 103 Å². The van der Waals surface area contributed by atoms with Gasteiger partial charge >= 0.3 is 0 Å². The van der Waals surface area contributed by atoms with Crippen LogP contribution in [-0.2, 0) is 16.3 Å². The number of allylic oxidation sites excluding steroid dienone is 15. The van der Waals surface area contributed by atoms with Crippen molar-refractivity contribution in [3.05, 3.63) is 109 Å². The van der Waals surface area contributed by atoms with Gasteiger partial charge in [0.05, 0.1) is 0 Å². The highest BCUT2D eigenvalue weighted by molar-refractivity contribution is 7.93. The predicted molar refractivity (Wildman–Crippen MR) is 129 cm³/mol. The molecule has 30 heavy (non-hydrogen) atoms. The Morgan fingerprint density at radius 3 is 2.77 bits per heavy atom. The second kappa shape index (κ2) is 12.8. The van der Waals surface area contributed by atoms with Crippen LogP contribution in [0.2, 0.25) is 0 Å². The molecular weight excluding hydrogens is 390 g/mol. The van der Waals surface area contributed by atoms with Gasteiger partial charge in [0.15, 0.2) is 5.82 Å². The third-order valence-corrected chi connectivity index (χ3v) is 5.01. The summed E-state index contributed by atoms with van der Waals surface area (Å²) in [5, 5.41) is 4.80. The fourth-order valence-electron chi connectivity index (χ4n) is 3.36. The first-order chi connectivity index (χ1) is 14.7. The first-order valence-corrected chi connectivity index (χ1v) is 11.2. The molecular formula is C25H31N3OS. The molecule has 0 spiro atoms. The molecule has 0 bridgehead atoms. The maximum Gasteiger partial charge on any atom is 0.177 e. The van der Waals surface area contributed by atoms with Crippen LogP contribution in [0.1, 0.15) is 32.5 Å². The molecule has 158 valence electrons. The molecule has 1 heterocycles. The number of hydrogen-bond acceptors (Lipinski definition) is 4. The lowest BCUT2D eigenvalue weighted by atomic mass is 9.77. The van der Waals surface area contributed by atoms with E-state index >= 15 is 0 Å². The van der Waals surface area contributed by atoms with Gasteiger partial charge in [0.25, 0.3) is 0 Å². The minimum absolute atomic E-state index is 0.359. The lowest BCUT2D eigenvalue weighted by molar-refractivity contribution is 0.347. The summed E-state index contributed by atoms with van der Waals surface area (Å²) in [4.78, 5) is 4.50. The molecule has 2 rings (SSSR count). The molecule has 0 saturated carbocycles. The SMILES string of the molecule is C=C/C=C(\C=C/C)C(/C=C/C=C\C=C/C)(C1=CC=CCC1)n1cnc(COSC)n1. The summed E-state index contributed by atoms with van der Waals surface area (Å²) in [6.45, 7) is 8.32. The molecule has 0 aromatic carbocycles. The molecule has 0 N–H and O–H groups in total. The minimum Gasteiger partial charge on any atom is -0.307 e. The highest BCUT2D eigenvalue weighted by Gasteiger charge is 2.37. The first-order valence-electron chi connectivity index (χ1n) is 10.1. The second-order valence-electron chi connectivity index (χ2n) is 6.59. The van der Waals surface area contributed by atoms with Crippen LogP contribution in [0.5, 0.6) is 0 Å². The van der Waals surface area contributed by atoms with Gasteiger partial charge in [-0.25, -0.2) is 9.67 Å². The molecule has 5 heteroatoms. The molecule has 0 radical (unpaired) electrons. The molecule has 1 atom stereocenters. The van der Waals surface area contributed by atoms with E-state index in [1.54, 1.807) is 6.33 Å². The Hall–Kier alpha value is -2.63. The standard InChI is InChI=1S/C25H31N3OS/c1-5-8-9-10-14-19-25(22(15-6-2)16-7-3,23-17-12-11-13-18-23)28-21-26-24(27-28)20-29-30-4/h5-12,14-17,19,21H,2,13,18,20H2,1,3-4H3/b8-5-,10-9-,16-7-,19-14+,22-15+. The van der Waals surface area contributed by atoms with Crippen LogP contribution in [0, 0.1) is 0 Å². The van der Waals surface area contributed by atoms with Crippen LogP contribution >= 0.6 is 12.0 Å². The van der Waals surface area contributed by atoms with E-state index in [1.807, 2.05) is 67.3 Å². The zero-order valence-electron chi connectivity index (χ0n) is 18.1. The largest absolute Gasteiger partial charge is 0.307 e. The Morgan fingerprint density at radius 2 is 2.10 bits per heavy atom. The average Bonchev–Trinajstić information content (AvgIpc) is 3.25. The van der Waals surface area contributed by atoms with Gasteiger partial charge in [-0.05, 0) is 56.0 Å². The van der Waals surface area contributed by atoms with Crippen LogP contribution in [0.25, 0.3) is 0 Å². The highest BCUT2D eigenvalue weighted by Crippen LogP contribution is 2.40. The molecule has 0 saturated heterocycles. The molecule has 4 nitrogen and oxygen atoms in total. The van der Waals surface area contributed by atoms with Gasteiger partial charge in [0.1, 0.15) is 18.5 Å². The van der Waals surface area contributed by atoms with Crippen molar-refractivity contribution in [1.29, 1.82) is 0 Å². The maximum absolute atomic E-state index is 5.44. The zero-order chi connectivity index (χ0) is 21.7. The average molecular weight is 422 g/mol. The van der Waals surface area contributed by atoms with Crippen molar-refractivity contribution in [2.45, 2.75) is 38.8 Å². The van der Waals surface area contributed by atoms with Crippen LogP contribution in [-0.4, -0.2) is 21.0 Å². The van der Waals surface area contributed by atoms with E-state index in [2.05, 4.69) is 48.0 Å². The Kier molecular flexibility index (Phi) is 10.1. The van der Waals surface area contributed by atoms with Crippen LogP contribution in [0.4, 0.5) is 0 Å². The van der Waals surface area contributed by atoms with E-state index in [0.717, 1.165) is 18.4 Å². The minimum atomic E-state index is -0.615. The van der Waals surface area contributed by atoms with Crippen molar-refractivity contribution < 1.29 is 4.18 Å². The second-order valence-corrected chi connectivity index (χ2v) is 7.16. The fraction of sp³-hybridized carbons (Fsp3) is 0.280. The third-order valence-electron chi connectivity index (χ3n) is 4.66. The van der Waals surface area contributed by atoms with Gasteiger partial charge < -0.3 is 4.18 Å². The molecule has 1 aromatic rings.